The molecule has 2 amide bonds. The molecule has 0 heterocycles. The van der Waals surface area contributed by atoms with Gasteiger partial charge in [0.2, 0.25) is 0 Å². The quantitative estimate of drug-likeness (QED) is 0.212. The van der Waals surface area contributed by atoms with Crippen molar-refractivity contribution in [2.24, 2.45) is 5.92 Å². The van der Waals surface area contributed by atoms with Crippen LogP contribution in [-0.2, 0) is 16.1 Å². The number of hydrogen-bond acceptors (Lipinski definition) is 5. The van der Waals surface area contributed by atoms with Crippen molar-refractivity contribution in [3.05, 3.63) is 93.4 Å². The predicted molar refractivity (Wildman–Crippen MR) is 149 cm³/mol. The lowest BCUT2D eigenvalue weighted by Crippen LogP contribution is -2.48. The Kier molecular flexibility index (Phi) is 9.79. The van der Waals surface area contributed by atoms with E-state index in [1.165, 1.54) is 18.2 Å². The Balaban J connectivity index is 1.49. The molecule has 3 aromatic carbocycles. The molecule has 0 radical (unpaired) electrons. The third kappa shape index (κ3) is 7.82. The van der Waals surface area contributed by atoms with Crippen LogP contribution >= 0.6 is 27.5 Å². The molecule has 0 aromatic heterocycles. The minimum atomic E-state index is -0.920. The van der Waals surface area contributed by atoms with Gasteiger partial charge in [-0.3, -0.25) is 4.79 Å². The zero-order valence-electron chi connectivity index (χ0n) is 20.6. The van der Waals surface area contributed by atoms with Gasteiger partial charge in [-0.1, -0.05) is 77.1 Å². The number of anilines is 1. The van der Waals surface area contributed by atoms with E-state index in [1.807, 2.05) is 30.3 Å². The number of ether oxygens (including phenoxy) is 2. The molecule has 0 unspecified atom stereocenters. The van der Waals surface area contributed by atoms with Crippen LogP contribution in [0.2, 0.25) is 5.02 Å². The summed E-state index contributed by atoms with van der Waals surface area (Å²) in [4.78, 5) is 39.1. The highest BCUT2D eigenvalue weighted by Crippen LogP contribution is 2.29. The van der Waals surface area contributed by atoms with Gasteiger partial charge in [0.05, 0.1) is 5.56 Å². The summed E-state index contributed by atoms with van der Waals surface area (Å²) in [6, 6.07) is 19.9. The average Bonchev–Trinajstić information content (AvgIpc) is 2.93. The van der Waals surface area contributed by atoms with Gasteiger partial charge < -0.3 is 20.1 Å². The van der Waals surface area contributed by atoms with Crippen molar-refractivity contribution >= 4 is 51.2 Å². The largest absolute Gasteiger partial charge is 0.445 e. The standard InChI is InChI=1S/C29H28BrClN2O5/c30-21-11-14-23(15-12-21)32-27(34)24-17-22(31)13-16-25(24)38-28(35)26(20-9-5-2-6-10-20)33-29(36)37-18-19-7-3-1-4-8-19/h1,3-4,7-8,11-17,20,26H,2,5-6,9-10,18H2,(H,32,34)(H,33,36)/t26-/m0/s1. The Morgan fingerprint density at radius 3 is 2.37 bits per heavy atom. The predicted octanol–water partition coefficient (Wildman–Crippen LogP) is 7.14. The molecule has 1 atom stereocenters. The minimum absolute atomic E-state index is 0.0503. The van der Waals surface area contributed by atoms with Gasteiger partial charge >= 0.3 is 12.1 Å². The van der Waals surface area contributed by atoms with E-state index < -0.39 is 24.0 Å². The summed E-state index contributed by atoms with van der Waals surface area (Å²) >= 11 is 9.52. The molecule has 4 rings (SSSR count). The fraction of sp³-hybridized carbons (Fsp3) is 0.276. The Morgan fingerprint density at radius 1 is 0.947 bits per heavy atom. The van der Waals surface area contributed by atoms with Crippen molar-refractivity contribution in [1.29, 1.82) is 0 Å². The number of benzene rings is 3. The summed E-state index contributed by atoms with van der Waals surface area (Å²) < 4.78 is 12.0. The molecule has 9 heteroatoms. The fourth-order valence-corrected chi connectivity index (χ4v) is 4.84. The number of halogens is 2. The zero-order valence-corrected chi connectivity index (χ0v) is 23.0. The van der Waals surface area contributed by atoms with Gasteiger partial charge in [-0.25, -0.2) is 9.59 Å². The third-order valence-electron chi connectivity index (χ3n) is 6.36. The molecule has 3 aromatic rings. The van der Waals surface area contributed by atoms with Crippen molar-refractivity contribution < 1.29 is 23.9 Å². The number of alkyl carbamates (subject to hydrolysis) is 1. The molecule has 1 aliphatic carbocycles. The molecule has 198 valence electrons. The average molecular weight is 600 g/mol. The van der Waals surface area contributed by atoms with Crippen LogP contribution in [-0.4, -0.2) is 24.0 Å². The first-order chi connectivity index (χ1) is 18.4. The lowest BCUT2D eigenvalue weighted by atomic mass is 9.84. The number of nitrogens with one attached hydrogen (secondary N) is 2. The summed E-state index contributed by atoms with van der Waals surface area (Å²) in [5.41, 5.74) is 1.50. The van der Waals surface area contributed by atoms with E-state index in [2.05, 4.69) is 26.6 Å². The first-order valence-electron chi connectivity index (χ1n) is 12.4. The van der Waals surface area contributed by atoms with E-state index in [4.69, 9.17) is 21.1 Å². The van der Waals surface area contributed by atoms with Crippen LogP contribution in [0.3, 0.4) is 0 Å². The second-order valence-corrected chi connectivity index (χ2v) is 10.5. The maximum atomic E-state index is 13.4. The number of carbonyl (C=O) groups is 3. The highest BCUT2D eigenvalue weighted by atomic mass is 79.9. The second-order valence-electron chi connectivity index (χ2n) is 9.10. The van der Waals surface area contributed by atoms with Crippen LogP contribution in [0.15, 0.2) is 77.3 Å². The maximum absolute atomic E-state index is 13.4. The lowest BCUT2D eigenvalue weighted by Gasteiger charge is -2.29. The number of carbonyl (C=O) groups excluding carboxylic acids is 3. The third-order valence-corrected chi connectivity index (χ3v) is 7.12. The molecule has 0 bridgehead atoms. The Labute approximate surface area is 235 Å². The monoisotopic (exact) mass is 598 g/mol. The lowest BCUT2D eigenvalue weighted by molar-refractivity contribution is -0.138. The molecule has 2 N–H and O–H groups in total. The van der Waals surface area contributed by atoms with Gasteiger partial charge in [-0.15, -0.1) is 0 Å². The number of esters is 1. The van der Waals surface area contributed by atoms with Crippen LogP contribution in [0, 0.1) is 5.92 Å². The first-order valence-corrected chi connectivity index (χ1v) is 13.6. The van der Waals surface area contributed by atoms with E-state index in [1.54, 1.807) is 24.3 Å². The van der Waals surface area contributed by atoms with Crippen molar-refractivity contribution in [3.8, 4) is 5.75 Å². The normalized spacial score (nSPS) is 14.3. The van der Waals surface area contributed by atoms with Crippen LogP contribution in [0.25, 0.3) is 0 Å². The molecular formula is C29H28BrClN2O5. The smallest absolute Gasteiger partial charge is 0.408 e. The molecule has 1 aliphatic rings. The van der Waals surface area contributed by atoms with Crippen LogP contribution < -0.4 is 15.4 Å². The SMILES string of the molecule is O=C(N[C@H](C(=O)Oc1ccc(Cl)cc1C(=O)Nc1ccc(Br)cc1)C1CCCCC1)OCc1ccccc1. The van der Waals surface area contributed by atoms with Crippen molar-refractivity contribution in [2.75, 3.05) is 5.32 Å². The van der Waals surface area contributed by atoms with E-state index in [-0.39, 0.29) is 23.8 Å². The zero-order chi connectivity index (χ0) is 26.9. The van der Waals surface area contributed by atoms with Crippen LogP contribution in [0.1, 0.15) is 48.0 Å². The fourth-order valence-electron chi connectivity index (χ4n) is 4.40. The Hall–Kier alpha value is -3.36. The number of hydrogen-bond donors (Lipinski definition) is 2. The summed E-state index contributed by atoms with van der Waals surface area (Å²) in [5, 5.41) is 5.82. The molecular weight excluding hydrogens is 572 g/mol. The topological polar surface area (TPSA) is 93.7 Å². The van der Waals surface area contributed by atoms with E-state index in [9.17, 15) is 14.4 Å². The Morgan fingerprint density at radius 2 is 1.66 bits per heavy atom. The molecule has 1 fully saturated rings. The molecule has 0 spiro atoms. The maximum Gasteiger partial charge on any atom is 0.408 e. The first kappa shape index (κ1) is 27.7. The van der Waals surface area contributed by atoms with E-state index in [0.29, 0.717) is 10.7 Å². The van der Waals surface area contributed by atoms with Crippen LogP contribution in [0.5, 0.6) is 5.75 Å². The van der Waals surface area contributed by atoms with E-state index >= 15 is 0 Å². The van der Waals surface area contributed by atoms with Gasteiger partial charge in [0.1, 0.15) is 18.4 Å². The highest BCUT2D eigenvalue weighted by Gasteiger charge is 2.34. The van der Waals surface area contributed by atoms with Crippen molar-refractivity contribution in [3.63, 3.8) is 0 Å². The summed E-state index contributed by atoms with van der Waals surface area (Å²) in [6.45, 7) is 0.0800. The van der Waals surface area contributed by atoms with Crippen molar-refractivity contribution in [1.82, 2.24) is 5.32 Å². The van der Waals surface area contributed by atoms with Gasteiger partial charge in [0, 0.05) is 15.2 Å². The molecule has 1 saturated carbocycles. The molecule has 7 nitrogen and oxygen atoms in total. The van der Waals surface area contributed by atoms with E-state index in [0.717, 1.165) is 42.1 Å². The Bertz CT molecular complexity index is 1260. The minimum Gasteiger partial charge on any atom is -0.445 e. The number of rotatable bonds is 8. The highest BCUT2D eigenvalue weighted by molar-refractivity contribution is 9.10. The van der Waals surface area contributed by atoms with Gasteiger partial charge in [-0.2, -0.15) is 0 Å². The summed E-state index contributed by atoms with van der Waals surface area (Å²) in [7, 11) is 0. The summed E-state index contributed by atoms with van der Waals surface area (Å²) in [5.74, 6) is -1.20. The van der Waals surface area contributed by atoms with Gasteiger partial charge in [0.15, 0.2) is 0 Å². The second kappa shape index (κ2) is 13.4. The van der Waals surface area contributed by atoms with Crippen molar-refractivity contribution in [2.45, 2.75) is 44.8 Å². The van der Waals surface area contributed by atoms with Gasteiger partial charge in [-0.05, 0) is 66.8 Å². The molecule has 38 heavy (non-hydrogen) atoms. The van der Waals surface area contributed by atoms with Crippen LogP contribution in [0.4, 0.5) is 10.5 Å². The number of amides is 2. The van der Waals surface area contributed by atoms with Gasteiger partial charge in [0.25, 0.3) is 5.91 Å². The molecule has 0 saturated heterocycles. The summed E-state index contributed by atoms with van der Waals surface area (Å²) in [6.07, 6.45) is 3.83. The molecule has 0 aliphatic heterocycles.